The lowest BCUT2D eigenvalue weighted by atomic mass is 10.00. The molecule has 1 aliphatic heterocycles. The second-order valence-corrected chi connectivity index (χ2v) is 6.12. The number of carbonyl (C=O) groups is 1. The lowest BCUT2D eigenvalue weighted by Crippen LogP contribution is -2.39. The monoisotopic (exact) mass is 369 g/mol. The lowest BCUT2D eigenvalue weighted by molar-refractivity contribution is -0.153. The Kier molecular flexibility index (Phi) is 5.43. The smallest absolute Gasteiger partial charge is 0.422 e. The molecule has 1 aromatic heterocycles. The predicted molar refractivity (Wildman–Crippen MR) is 84.3 cm³/mol. The maximum absolute atomic E-state index is 12.7. The fraction of sp³-hybridized carbons (Fsp3) is 0.471. The Morgan fingerprint density at radius 2 is 2.19 bits per heavy atom. The molecule has 0 N–H and O–H groups in total. The van der Waals surface area contributed by atoms with Crippen LogP contribution < -0.4 is 4.74 Å². The van der Waals surface area contributed by atoms with Crippen molar-refractivity contribution in [1.82, 2.24) is 15.0 Å². The fourth-order valence-corrected chi connectivity index (χ4v) is 3.01. The molecule has 9 heteroatoms. The number of hydrogen-bond acceptors (Lipinski definition) is 5. The molecule has 1 amide bonds. The highest BCUT2D eigenvalue weighted by molar-refractivity contribution is 5.79. The van der Waals surface area contributed by atoms with Crippen LogP contribution in [0.2, 0.25) is 0 Å². The van der Waals surface area contributed by atoms with Gasteiger partial charge in [-0.15, -0.1) is 0 Å². The largest absolute Gasteiger partial charge is 0.484 e. The van der Waals surface area contributed by atoms with Crippen LogP contribution in [0.5, 0.6) is 5.75 Å². The van der Waals surface area contributed by atoms with Crippen molar-refractivity contribution >= 4 is 5.91 Å². The van der Waals surface area contributed by atoms with Crippen LogP contribution in [0, 0.1) is 0 Å². The van der Waals surface area contributed by atoms with E-state index in [2.05, 4.69) is 10.1 Å². The molecule has 1 saturated heterocycles. The summed E-state index contributed by atoms with van der Waals surface area (Å²) in [4.78, 5) is 18.5. The first-order chi connectivity index (χ1) is 12.4. The summed E-state index contributed by atoms with van der Waals surface area (Å²) >= 11 is 0. The van der Waals surface area contributed by atoms with Crippen LogP contribution in [0.15, 0.2) is 35.2 Å². The Morgan fingerprint density at radius 1 is 1.35 bits per heavy atom. The molecule has 2 aromatic rings. The van der Waals surface area contributed by atoms with Gasteiger partial charge in [0.2, 0.25) is 12.3 Å². The highest BCUT2D eigenvalue weighted by Crippen LogP contribution is 2.29. The summed E-state index contributed by atoms with van der Waals surface area (Å²) in [5, 5.41) is 3.83. The van der Waals surface area contributed by atoms with Crippen LogP contribution in [-0.2, 0) is 11.2 Å². The zero-order chi connectivity index (χ0) is 18.6. The highest BCUT2D eigenvalue weighted by Gasteiger charge is 2.31. The van der Waals surface area contributed by atoms with E-state index >= 15 is 0 Å². The fourth-order valence-electron chi connectivity index (χ4n) is 3.01. The van der Waals surface area contributed by atoms with E-state index in [1.54, 1.807) is 17.0 Å². The SMILES string of the molecule is O=C(Cc1cccc(OCC(F)(F)F)c1)N1CCCCC1c1ncon1. The van der Waals surface area contributed by atoms with Crippen LogP contribution in [0.4, 0.5) is 13.2 Å². The number of amides is 1. The number of aromatic nitrogens is 2. The van der Waals surface area contributed by atoms with E-state index in [0.717, 1.165) is 19.3 Å². The van der Waals surface area contributed by atoms with Gasteiger partial charge >= 0.3 is 6.18 Å². The zero-order valence-corrected chi connectivity index (χ0v) is 13.9. The van der Waals surface area contributed by atoms with Crippen LogP contribution in [0.3, 0.4) is 0 Å². The summed E-state index contributed by atoms with van der Waals surface area (Å²) in [6.45, 7) is -0.779. The van der Waals surface area contributed by atoms with Crippen molar-refractivity contribution in [2.75, 3.05) is 13.2 Å². The minimum absolute atomic E-state index is 0.0670. The molecule has 1 aromatic carbocycles. The molecular weight excluding hydrogens is 351 g/mol. The Morgan fingerprint density at radius 3 is 2.92 bits per heavy atom. The number of nitrogens with zero attached hydrogens (tertiary/aromatic N) is 3. The third-order valence-corrected chi connectivity index (χ3v) is 4.16. The maximum Gasteiger partial charge on any atom is 0.422 e. The number of rotatable bonds is 5. The van der Waals surface area contributed by atoms with Crippen molar-refractivity contribution in [3.8, 4) is 5.75 Å². The van der Waals surface area contributed by atoms with Crippen molar-refractivity contribution < 1.29 is 27.2 Å². The molecular formula is C17H18F3N3O3. The second-order valence-electron chi connectivity index (χ2n) is 6.12. The van der Waals surface area contributed by atoms with E-state index in [9.17, 15) is 18.0 Å². The van der Waals surface area contributed by atoms with Gasteiger partial charge in [-0.05, 0) is 37.0 Å². The van der Waals surface area contributed by atoms with Gasteiger partial charge in [0.25, 0.3) is 0 Å². The van der Waals surface area contributed by atoms with Gasteiger partial charge in [0.15, 0.2) is 12.4 Å². The molecule has 0 bridgehead atoms. The zero-order valence-electron chi connectivity index (χ0n) is 13.9. The molecule has 1 unspecified atom stereocenters. The van der Waals surface area contributed by atoms with Gasteiger partial charge in [0.1, 0.15) is 5.75 Å². The molecule has 1 fully saturated rings. The van der Waals surface area contributed by atoms with Crippen molar-refractivity contribution in [3.63, 3.8) is 0 Å². The van der Waals surface area contributed by atoms with E-state index in [1.807, 2.05) is 0 Å². The van der Waals surface area contributed by atoms with E-state index in [-0.39, 0.29) is 24.1 Å². The number of halogens is 3. The number of piperidine rings is 1. The number of alkyl halides is 3. The van der Waals surface area contributed by atoms with Gasteiger partial charge in [-0.25, -0.2) is 0 Å². The number of likely N-dealkylation sites (tertiary alicyclic amines) is 1. The summed E-state index contributed by atoms with van der Waals surface area (Å²) in [7, 11) is 0. The quantitative estimate of drug-likeness (QED) is 0.809. The standard InChI is InChI=1S/C17H18F3N3O3/c18-17(19,20)10-25-13-5-3-4-12(8-13)9-15(24)23-7-2-1-6-14(23)16-21-11-26-22-16/h3-5,8,11,14H,1-2,6-7,9-10H2. The van der Waals surface area contributed by atoms with E-state index in [4.69, 9.17) is 9.26 Å². The average molecular weight is 369 g/mol. The Labute approximate surface area is 147 Å². The molecule has 3 rings (SSSR count). The van der Waals surface area contributed by atoms with Crippen molar-refractivity contribution in [1.29, 1.82) is 0 Å². The minimum atomic E-state index is -4.41. The molecule has 2 heterocycles. The Balaban J connectivity index is 1.67. The van der Waals surface area contributed by atoms with Crippen molar-refractivity contribution in [2.45, 2.75) is 37.9 Å². The van der Waals surface area contributed by atoms with E-state index < -0.39 is 12.8 Å². The van der Waals surface area contributed by atoms with E-state index in [1.165, 1.54) is 18.5 Å². The Hall–Kier alpha value is -2.58. The van der Waals surface area contributed by atoms with Gasteiger partial charge in [0.05, 0.1) is 12.5 Å². The van der Waals surface area contributed by atoms with Crippen LogP contribution in [0.1, 0.15) is 36.7 Å². The summed E-state index contributed by atoms with van der Waals surface area (Å²) in [6.07, 6.45) is -0.512. The molecule has 0 aliphatic carbocycles. The molecule has 1 aliphatic rings. The van der Waals surface area contributed by atoms with Gasteiger partial charge < -0.3 is 14.2 Å². The predicted octanol–water partition coefficient (Wildman–Crippen LogP) is 3.31. The van der Waals surface area contributed by atoms with Gasteiger partial charge in [-0.2, -0.15) is 18.2 Å². The normalized spacial score (nSPS) is 18.0. The molecule has 0 spiro atoms. The molecule has 1 atom stereocenters. The average Bonchev–Trinajstić information content (AvgIpc) is 3.14. The number of benzene rings is 1. The van der Waals surface area contributed by atoms with E-state index in [0.29, 0.717) is 17.9 Å². The first kappa shape index (κ1) is 18.2. The van der Waals surface area contributed by atoms with Gasteiger partial charge in [0, 0.05) is 6.54 Å². The summed E-state index contributed by atoms with van der Waals surface area (Å²) in [5.41, 5.74) is 0.590. The first-order valence-corrected chi connectivity index (χ1v) is 8.26. The number of ether oxygens (including phenoxy) is 1. The van der Waals surface area contributed by atoms with Crippen LogP contribution in [-0.4, -0.2) is 40.3 Å². The third-order valence-electron chi connectivity index (χ3n) is 4.16. The summed E-state index contributed by atoms with van der Waals surface area (Å²) < 4.78 is 46.3. The topological polar surface area (TPSA) is 68.5 Å². The lowest BCUT2D eigenvalue weighted by Gasteiger charge is -2.34. The molecule has 6 nitrogen and oxygen atoms in total. The summed E-state index contributed by atoms with van der Waals surface area (Å²) in [5.74, 6) is 0.425. The molecule has 0 saturated carbocycles. The molecule has 26 heavy (non-hydrogen) atoms. The second kappa shape index (κ2) is 7.76. The Bertz CT molecular complexity index is 734. The minimum Gasteiger partial charge on any atom is -0.484 e. The van der Waals surface area contributed by atoms with Gasteiger partial charge in [-0.3, -0.25) is 4.79 Å². The number of carbonyl (C=O) groups excluding carboxylic acids is 1. The van der Waals surface area contributed by atoms with Crippen molar-refractivity contribution in [3.05, 3.63) is 42.0 Å². The molecule has 140 valence electrons. The van der Waals surface area contributed by atoms with Gasteiger partial charge in [-0.1, -0.05) is 17.3 Å². The summed E-state index contributed by atoms with van der Waals surface area (Å²) in [6, 6.07) is 5.91. The van der Waals surface area contributed by atoms with Crippen molar-refractivity contribution in [2.24, 2.45) is 0 Å². The number of hydrogen-bond donors (Lipinski definition) is 0. The van der Waals surface area contributed by atoms with Crippen LogP contribution >= 0.6 is 0 Å². The molecule has 0 radical (unpaired) electrons. The first-order valence-electron chi connectivity index (χ1n) is 8.26. The third kappa shape index (κ3) is 4.74. The maximum atomic E-state index is 12.7. The van der Waals surface area contributed by atoms with Crippen LogP contribution in [0.25, 0.3) is 0 Å². The highest BCUT2D eigenvalue weighted by atomic mass is 19.4.